The van der Waals surface area contributed by atoms with E-state index >= 15 is 0 Å². The first kappa shape index (κ1) is 15.3. The van der Waals surface area contributed by atoms with Gasteiger partial charge in [0, 0.05) is 19.1 Å². The Morgan fingerprint density at radius 1 is 1.40 bits per heavy atom. The Labute approximate surface area is 123 Å². The fourth-order valence-electron chi connectivity index (χ4n) is 3.34. The minimum absolute atomic E-state index is 0.319. The Balaban J connectivity index is 2.21. The maximum absolute atomic E-state index is 6.07. The molecule has 1 saturated heterocycles. The fraction of sp³-hybridized carbons (Fsp3) is 0.647. The molecule has 0 aromatic heterocycles. The summed E-state index contributed by atoms with van der Waals surface area (Å²) in [6, 6.07) is 6.75. The van der Waals surface area contributed by atoms with Gasteiger partial charge in [-0.1, -0.05) is 26.0 Å². The van der Waals surface area contributed by atoms with Gasteiger partial charge >= 0.3 is 0 Å². The molecule has 0 spiro atoms. The molecule has 20 heavy (non-hydrogen) atoms. The average Bonchev–Trinajstić information content (AvgIpc) is 2.39. The van der Waals surface area contributed by atoms with Crippen LogP contribution in [0.1, 0.15) is 43.9 Å². The Morgan fingerprint density at radius 2 is 2.15 bits per heavy atom. The standard InChI is InChI=1S/C17H28N2O/c1-13-10-14(6-7-16(13)20-4)15(11-18)19-9-5-8-17(2,3)12-19/h6-7,10,15H,5,8-9,11-12,18H2,1-4H3. The largest absolute Gasteiger partial charge is 0.496 e. The van der Waals surface area contributed by atoms with Crippen LogP contribution in [0.3, 0.4) is 0 Å². The molecular weight excluding hydrogens is 248 g/mol. The molecule has 2 rings (SSSR count). The SMILES string of the molecule is COc1ccc(C(CN)N2CCCC(C)(C)C2)cc1C. The predicted molar refractivity (Wildman–Crippen MR) is 84.1 cm³/mol. The third-order valence-electron chi connectivity index (χ3n) is 4.40. The summed E-state index contributed by atoms with van der Waals surface area (Å²) in [5.74, 6) is 0.948. The van der Waals surface area contributed by atoms with Gasteiger partial charge in [0.1, 0.15) is 5.75 Å². The second kappa shape index (κ2) is 6.15. The van der Waals surface area contributed by atoms with Crippen LogP contribution in [0.5, 0.6) is 5.75 Å². The van der Waals surface area contributed by atoms with Crippen LogP contribution in [0.4, 0.5) is 0 Å². The number of hydrogen-bond acceptors (Lipinski definition) is 3. The highest BCUT2D eigenvalue weighted by Crippen LogP contribution is 2.34. The molecule has 0 bridgehead atoms. The van der Waals surface area contributed by atoms with E-state index in [1.807, 2.05) is 0 Å². The zero-order valence-corrected chi connectivity index (χ0v) is 13.3. The summed E-state index contributed by atoms with van der Waals surface area (Å²) in [7, 11) is 1.72. The van der Waals surface area contributed by atoms with Crippen molar-refractivity contribution in [2.24, 2.45) is 11.1 Å². The molecule has 1 aromatic carbocycles. The van der Waals surface area contributed by atoms with Crippen LogP contribution < -0.4 is 10.5 Å². The lowest BCUT2D eigenvalue weighted by molar-refractivity contribution is 0.0806. The van der Waals surface area contributed by atoms with E-state index in [0.717, 1.165) is 18.8 Å². The van der Waals surface area contributed by atoms with E-state index in [1.165, 1.54) is 24.0 Å². The van der Waals surface area contributed by atoms with Crippen molar-refractivity contribution in [1.29, 1.82) is 0 Å². The molecule has 1 aliphatic rings. The number of methoxy groups -OCH3 is 1. The van der Waals surface area contributed by atoms with Crippen LogP contribution in [-0.2, 0) is 0 Å². The van der Waals surface area contributed by atoms with Gasteiger partial charge in [-0.2, -0.15) is 0 Å². The van der Waals surface area contributed by atoms with Crippen LogP contribution >= 0.6 is 0 Å². The lowest BCUT2D eigenvalue weighted by Gasteiger charge is -2.42. The van der Waals surface area contributed by atoms with Crippen molar-refractivity contribution in [3.63, 3.8) is 0 Å². The zero-order chi connectivity index (χ0) is 14.8. The van der Waals surface area contributed by atoms with E-state index in [4.69, 9.17) is 10.5 Å². The number of aryl methyl sites for hydroxylation is 1. The normalized spacial score (nSPS) is 20.6. The van der Waals surface area contributed by atoms with E-state index in [2.05, 4.69) is 43.9 Å². The Hall–Kier alpha value is -1.06. The van der Waals surface area contributed by atoms with Gasteiger partial charge in [-0.3, -0.25) is 4.90 Å². The van der Waals surface area contributed by atoms with Crippen LogP contribution in [-0.4, -0.2) is 31.6 Å². The van der Waals surface area contributed by atoms with Crippen molar-refractivity contribution in [1.82, 2.24) is 4.90 Å². The Bertz CT molecular complexity index is 456. The van der Waals surface area contributed by atoms with E-state index < -0.39 is 0 Å². The lowest BCUT2D eigenvalue weighted by atomic mass is 9.83. The summed E-state index contributed by atoms with van der Waals surface area (Å²) in [4.78, 5) is 2.55. The molecule has 0 aliphatic carbocycles. The van der Waals surface area contributed by atoms with Gasteiger partial charge in [-0.05, 0) is 48.9 Å². The minimum Gasteiger partial charge on any atom is -0.496 e. The topological polar surface area (TPSA) is 38.5 Å². The molecule has 0 radical (unpaired) electrons. The minimum atomic E-state index is 0.319. The molecule has 1 atom stereocenters. The van der Waals surface area contributed by atoms with Crippen molar-refractivity contribution < 1.29 is 4.74 Å². The maximum atomic E-state index is 6.07. The molecule has 1 heterocycles. The first-order valence-electron chi connectivity index (χ1n) is 7.55. The number of ether oxygens (including phenoxy) is 1. The van der Waals surface area contributed by atoms with Gasteiger partial charge in [0.15, 0.2) is 0 Å². The Morgan fingerprint density at radius 3 is 2.70 bits per heavy atom. The van der Waals surface area contributed by atoms with Gasteiger partial charge in [0.25, 0.3) is 0 Å². The summed E-state index contributed by atoms with van der Waals surface area (Å²) < 4.78 is 5.35. The molecular formula is C17H28N2O. The highest BCUT2D eigenvalue weighted by Gasteiger charge is 2.30. The average molecular weight is 276 g/mol. The number of benzene rings is 1. The van der Waals surface area contributed by atoms with Gasteiger partial charge in [0.05, 0.1) is 7.11 Å². The number of nitrogens with zero attached hydrogens (tertiary/aromatic N) is 1. The van der Waals surface area contributed by atoms with Crippen LogP contribution in [0, 0.1) is 12.3 Å². The molecule has 112 valence electrons. The number of rotatable bonds is 4. The summed E-state index contributed by atoms with van der Waals surface area (Å²) in [6.07, 6.45) is 2.57. The number of nitrogens with two attached hydrogens (primary N) is 1. The second-order valence-corrected chi connectivity index (χ2v) is 6.72. The lowest BCUT2D eigenvalue weighted by Crippen LogP contribution is -2.44. The molecule has 1 unspecified atom stereocenters. The summed E-state index contributed by atoms with van der Waals surface area (Å²) >= 11 is 0. The predicted octanol–water partition coefficient (Wildman–Crippen LogP) is 3.13. The molecule has 3 nitrogen and oxygen atoms in total. The van der Waals surface area contributed by atoms with E-state index in [-0.39, 0.29) is 0 Å². The molecule has 3 heteroatoms. The fourth-order valence-corrected chi connectivity index (χ4v) is 3.34. The van der Waals surface area contributed by atoms with Crippen LogP contribution in [0.15, 0.2) is 18.2 Å². The van der Waals surface area contributed by atoms with Crippen molar-refractivity contribution in [3.8, 4) is 5.75 Å². The van der Waals surface area contributed by atoms with Crippen LogP contribution in [0.2, 0.25) is 0 Å². The smallest absolute Gasteiger partial charge is 0.121 e. The first-order chi connectivity index (χ1) is 9.46. The second-order valence-electron chi connectivity index (χ2n) is 6.72. The molecule has 1 aliphatic heterocycles. The van der Waals surface area contributed by atoms with Gasteiger partial charge in [0.2, 0.25) is 0 Å². The van der Waals surface area contributed by atoms with Gasteiger partial charge in [-0.15, -0.1) is 0 Å². The van der Waals surface area contributed by atoms with Crippen molar-refractivity contribution >= 4 is 0 Å². The van der Waals surface area contributed by atoms with E-state index in [1.54, 1.807) is 7.11 Å². The number of piperidine rings is 1. The van der Waals surface area contributed by atoms with Crippen molar-refractivity contribution in [2.45, 2.75) is 39.7 Å². The Kier molecular flexibility index (Phi) is 4.71. The quantitative estimate of drug-likeness (QED) is 0.918. The van der Waals surface area contributed by atoms with E-state index in [0.29, 0.717) is 18.0 Å². The van der Waals surface area contributed by atoms with Crippen molar-refractivity contribution in [3.05, 3.63) is 29.3 Å². The maximum Gasteiger partial charge on any atom is 0.121 e. The summed E-state index contributed by atoms with van der Waals surface area (Å²) in [5, 5.41) is 0. The molecule has 0 saturated carbocycles. The molecule has 2 N–H and O–H groups in total. The summed E-state index contributed by atoms with van der Waals surface area (Å²) in [6.45, 7) is 9.74. The molecule has 1 aromatic rings. The van der Waals surface area contributed by atoms with Crippen LogP contribution in [0.25, 0.3) is 0 Å². The van der Waals surface area contributed by atoms with E-state index in [9.17, 15) is 0 Å². The zero-order valence-electron chi connectivity index (χ0n) is 13.3. The highest BCUT2D eigenvalue weighted by molar-refractivity contribution is 5.37. The van der Waals surface area contributed by atoms with Gasteiger partial charge < -0.3 is 10.5 Å². The third kappa shape index (κ3) is 3.33. The van der Waals surface area contributed by atoms with Gasteiger partial charge in [-0.25, -0.2) is 0 Å². The molecule has 0 amide bonds. The molecule has 1 fully saturated rings. The number of hydrogen-bond donors (Lipinski definition) is 1. The third-order valence-corrected chi connectivity index (χ3v) is 4.40. The highest BCUT2D eigenvalue weighted by atomic mass is 16.5. The van der Waals surface area contributed by atoms with Crippen molar-refractivity contribution in [2.75, 3.05) is 26.7 Å². The number of likely N-dealkylation sites (tertiary alicyclic amines) is 1. The monoisotopic (exact) mass is 276 g/mol. The summed E-state index contributed by atoms with van der Waals surface area (Å²) in [5.41, 5.74) is 8.96. The first-order valence-corrected chi connectivity index (χ1v) is 7.55.